The van der Waals surface area contributed by atoms with Gasteiger partial charge in [0, 0.05) is 13.5 Å². The van der Waals surface area contributed by atoms with Crippen LogP contribution in [0.2, 0.25) is 0 Å². The fraction of sp³-hybridized carbons (Fsp3) is 0.500. The SMILES string of the molecule is CCc1nc(C2(NC(=O)[C@@H](OC)c3ccccc3)CCCC2)no1. The van der Waals surface area contributed by atoms with E-state index in [1.54, 1.807) is 7.11 Å². The van der Waals surface area contributed by atoms with Crippen molar-refractivity contribution in [2.45, 2.75) is 50.7 Å². The van der Waals surface area contributed by atoms with E-state index >= 15 is 0 Å². The van der Waals surface area contributed by atoms with E-state index in [9.17, 15) is 4.79 Å². The maximum absolute atomic E-state index is 12.9. The van der Waals surface area contributed by atoms with E-state index in [1.165, 1.54) is 0 Å². The molecule has 3 rings (SSSR count). The molecule has 128 valence electrons. The lowest BCUT2D eigenvalue weighted by Crippen LogP contribution is -2.47. The number of benzene rings is 1. The summed E-state index contributed by atoms with van der Waals surface area (Å²) < 4.78 is 10.7. The maximum atomic E-state index is 12.9. The van der Waals surface area contributed by atoms with Gasteiger partial charge in [-0.3, -0.25) is 4.79 Å². The van der Waals surface area contributed by atoms with Crippen molar-refractivity contribution < 1.29 is 14.1 Å². The molecule has 0 spiro atoms. The molecule has 0 saturated heterocycles. The van der Waals surface area contributed by atoms with Crippen molar-refractivity contribution in [3.05, 3.63) is 47.6 Å². The van der Waals surface area contributed by atoms with Gasteiger partial charge in [-0.15, -0.1) is 0 Å². The Morgan fingerprint density at radius 1 is 1.33 bits per heavy atom. The van der Waals surface area contributed by atoms with E-state index in [-0.39, 0.29) is 5.91 Å². The Labute approximate surface area is 141 Å². The van der Waals surface area contributed by atoms with Crippen LogP contribution in [0.1, 0.15) is 56.0 Å². The third kappa shape index (κ3) is 3.19. The molecule has 1 saturated carbocycles. The average Bonchev–Trinajstić information content (AvgIpc) is 3.26. The fourth-order valence-corrected chi connectivity index (χ4v) is 3.30. The van der Waals surface area contributed by atoms with Crippen LogP contribution in [0.3, 0.4) is 0 Å². The van der Waals surface area contributed by atoms with E-state index < -0.39 is 11.6 Å². The first-order valence-electron chi connectivity index (χ1n) is 8.41. The van der Waals surface area contributed by atoms with Crippen LogP contribution in [0.15, 0.2) is 34.9 Å². The van der Waals surface area contributed by atoms with Gasteiger partial charge in [0.2, 0.25) is 5.89 Å². The van der Waals surface area contributed by atoms with Crippen molar-refractivity contribution in [3.8, 4) is 0 Å². The summed E-state index contributed by atoms with van der Waals surface area (Å²) in [7, 11) is 1.54. The van der Waals surface area contributed by atoms with Gasteiger partial charge in [-0.05, 0) is 18.4 Å². The Bertz CT molecular complexity index is 678. The number of aryl methyl sites for hydroxylation is 1. The van der Waals surface area contributed by atoms with E-state index in [2.05, 4.69) is 15.5 Å². The van der Waals surface area contributed by atoms with Crippen molar-refractivity contribution in [1.82, 2.24) is 15.5 Å². The van der Waals surface area contributed by atoms with E-state index in [4.69, 9.17) is 9.26 Å². The van der Waals surface area contributed by atoms with Crippen LogP contribution in [0, 0.1) is 0 Å². The minimum absolute atomic E-state index is 0.173. The fourth-order valence-electron chi connectivity index (χ4n) is 3.30. The highest BCUT2D eigenvalue weighted by Gasteiger charge is 2.42. The summed E-state index contributed by atoms with van der Waals surface area (Å²) in [5.41, 5.74) is 0.271. The monoisotopic (exact) mass is 329 g/mol. The van der Waals surface area contributed by atoms with E-state index in [0.717, 1.165) is 31.2 Å². The molecular formula is C18H23N3O3. The third-order valence-electron chi connectivity index (χ3n) is 4.59. The molecule has 1 aromatic heterocycles. The Balaban J connectivity index is 1.84. The second kappa shape index (κ2) is 7.13. The van der Waals surface area contributed by atoms with Crippen molar-refractivity contribution in [1.29, 1.82) is 0 Å². The van der Waals surface area contributed by atoms with Gasteiger partial charge >= 0.3 is 0 Å². The van der Waals surface area contributed by atoms with Crippen molar-refractivity contribution >= 4 is 5.91 Å². The lowest BCUT2D eigenvalue weighted by molar-refractivity contribution is -0.133. The highest BCUT2D eigenvalue weighted by Crippen LogP contribution is 2.38. The first kappa shape index (κ1) is 16.6. The average molecular weight is 329 g/mol. The number of nitrogens with zero attached hydrogens (tertiary/aromatic N) is 2. The summed E-state index contributed by atoms with van der Waals surface area (Å²) in [6.45, 7) is 1.97. The van der Waals surface area contributed by atoms with Crippen LogP contribution in [0.5, 0.6) is 0 Å². The number of ether oxygens (including phenoxy) is 1. The van der Waals surface area contributed by atoms with Gasteiger partial charge in [0.25, 0.3) is 5.91 Å². The van der Waals surface area contributed by atoms with Gasteiger partial charge in [-0.2, -0.15) is 4.98 Å². The Morgan fingerprint density at radius 3 is 2.62 bits per heavy atom. The largest absolute Gasteiger partial charge is 0.367 e. The molecule has 1 aliphatic rings. The first-order valence-corrected chi connectivity index (χ1v) is 8.41. The molecule has 1 aromatic carbocycles. The quantitative estimate of drug-likeness (QED) is 0.882. The van der Waals surface area contributed by atoms with Gasteiger partial charge in [0.15, 0.2) is 11.9 Å². The summed E-state index contributed by atoms with van der Waals surface area (Å²) in [5, 5.41) is 7.26. The van der Waals surface area contributed by atoms with Crippen LogP contribution < -0.4 is 5.32 Å². The predicted octanol–water partition coefficient (Wildman–Crippen LogP) is 2.91. The Hall–Kier alpha value is -2.21. The van der Waals surface area contributed by atoms with Crippen molar-refractivity contribution in [2.75, 3.05) is 7.11 Å². The Kier molecular flexibility index (Phi) is 4.94. The molecule has 1 N–H and O–H groups in total. The lowest BCUT2D eigenvalue weighted by Gasteiger charge is -2.29. The molecule has 0 radical (unpaired) electrons. The molecule has 1 aliphatic carbocycles. The molecule has 1 atom stereocenters. The second-order valence-electron chi connectivity index (χ2n) is 6.17. The van der Waals surface area contributed by atoms with Gasteiger partial charge in [-0.25, -0.2) is 0 Å². The summed E-state index contributed by atoms with van der Waals surface area (Å²) >= 11 is 0. The van der Waals surface area contributed by atoms with Crippen LogP contribution in [-0.2, 0) is 21.5 Å². The minimum atomic E-state index is -0.652. The number of rotatable bonds is 6. The highest BCUT2D eigenvalue weighted by molar-refractivity contribution is 5.83. The van der Waals surface area contributed by atoms with Gasteiger partial charge in [0.05, 0.1) is 0 Å². The molecule has 2 aromatic rings. The van der Waals surface area contributed by atoms with Crippen LogP contribution >= 0.6 is 0 Å². The summed E-state index contributed by atoms with van der Waals surface area (Å²) in [4.78, 5) is 17.3. The molecular weight excluding hydrogens is 306 g/mol. The minimum Gasteiger partial charge on any atom is -0.367 e. The van der Waals surface area contributed by atoms with Crippen LogP contribution in [0.25, 0.3) is 0 Å². The van der Waals surface area contributed by atoms with Crippen LogP contribution in [0.4, 0.5) is 0 Å². The predicted molar refractivity (Wildman–Crippen MR) is 88.2 cm³/mol. The normalized spacial score (nSPS) is 17.6. The number of hydrogen-bond donors (Lipinski definition) is 1. The molecule has 24 heavy (non-hydrogen) atoms. The molecule has 1 heterocycles. The molecule has 1 amide bonds. The number of carbonyl (C=O) groups excluding carboxylic acids is 1. The van der Waals surface area contributed by atoms with Crippen LogP contribution in [-0.4, -0.2) is 23.2 Å². The van der Waals surface area contributed by atoms with Crippen molar-refractivity contribution in [3.63, 3.8) is 0 Å². The maximum Gasteiger partial charge on any atom is 0.254 e. The highest BCUT2D eigenvalue weighted by atomic mass is 16.5. The molecule has 0 aliphatic heterocycles. The molecule has 6 nitrogen and oxygen atoms in total. The summed E-state index contributed by atoms with van der Waals surface area (Å²) in [5.74, 6) is 0.999. The lowest BCUT2D eigenvalue weighted by atomic mass is 9.95. The molecule has 0 unspecified atom stereocenters. The zero-order valence-corrected chi connectivity index (χ0v) is 14.1. The van der Waals surface area contributed by atoms with Crippen molar-refractivity contribution in [2.24, 2.45) is 0 Å². The number of methoxy groups -OCH3 is 1. The standard InChI is InChI=1S/C18H23N3O3/c1-3-14-19-17(21-24-14)18(11-7-8-12-18)20-16(22)15(23-2)13-9-5-4-6-10-13/h4-6,9-10,15H,3,7-8,11-12H2,1-2H3,(H,20,22)/t15-/m0/s1. The number of nitrogens with one attached hydrogen (secondary N) is 1. The topological polar surface area (TPSA) is 77.2 Å². The summed E-state index contributed by atoms with van der Waals surface area (Å²) in [6.07, 6.45) is 3.71. The van der Waals surface area contributed by atoms with Gasteiger partial charge in [-0.1, -0.05) is 55.3 Å². The molecule has 1 fully saturated rings. The molecule has 6 heteroatoms. The first-order chi connectivity index (χ1) is 11.7. The number of aromatic nitrogens is 2. The van der Waals surface area contributed by atoms with Gasteiger partial charge < -0.3 is 14.6 Å². The number of hydrogen-bond acceptors (Lipinski definition) is 5. The zero-order chi connectivity index (χ0) is 17.0. The second-order valence-corrected chi connectivity index (χ2v) is 6.17. The Morgan fingerprint density at radius 2 is 2.04 bits per heavy atom. The third-order valence-corrected chi connectivity index (χ3v) is 4.59. The van der Waals surface area contributed by atoms with E-state index in [1.807, 2.05) is 37.3 Å². The number of carbonyl (C=O) groups is 1. The number of amides is 1. The van der Waals surface area contributed by atoms with Gasteiger partial charge in [0.1, 0.15) is 5.54 Å². The summed E-state index contributed by atoms with van der Waals surface area (Å²) in [6, 6.07) is 9.48. The molecule has 0 bridgehead atoms. The zero-order valence-electron chi connectivity index (χ0n) is 14.1. The van der Waals surface area contributed by atoms with E-state index in [0.29, 0.717) is 18.1 Å². The smallest absolute Gasteiger partial charge is 0.254 e.